The summed E-state index contributed by atoms with van der Waals surface area (Å²) in [5.41, 5.74) is 0.962. The first-order valence-electron chi connectivity index (χ1n) is 7.14. The highest BCUT2D eigenvalue weighted by Crippen LogP contribution is 2.27. The van der Waals surface area contributed by atoms with Crippen LogP contribution in [0.15, 0.2) is 24.3 Å². The molecule has 1 aromatic carbocycles. The van der Waals surface area contributed by atoms with Gasteiger partial charge < -0.3 is 5.11 Å². The Balaban J connectivity index is 2.46. The molecule has 0 amide bonds. The number of hydrogen-bond donors (Lipinski definition) is 1. The number of carboxylic acid groups (broad SMARTS) is 1. The van der Waals surface area contributed by atoms with E-state index in [1.807, 2.05) is 24.3 Å². The molecule has 1 atom stereocenters. The number of unbranched alkanes of at least 4 members (excludes halogenated alkanes) is 5. The lowest BCUT2D eigenvalue weighted by Gasteiger charge is -2.14. The third-order valence-corrected chi connectivity index (χ3v) is 4.41. The SMILES string of the molecule is CCCCCCCCC(C(=O)O)c1ccccc1I. The van der Waals surface area contributed by atoms with E-state index in [0.717, 1.165) is 28.4 Å². The van der Waals surface area contributed by atoms with Gasteiger partial charge in [-0.15, -0.1) is 0 Å². The lowest BCUT2D eigenvalue weighted by atomic mass is 9.93. The van der Waals surface area contributed by atoms with E-state index in [2.05, 4.69) is 29.5 Å². The molecule has 1 N–H and O–H groups in total. The summed E-state index contributed by atoms with van der Waals surface area (Å²) in [6.07, 6.45) is 7.95. The molecule has 0 saturated heterocycles. The Morgan fingerprint density at radius 1 is 1.16 bits per heavy atom. The summed E-state index contributed by atoms with van der Waals surface area (Å²) in [6, 6.07) is 7.80. The summed E-state index contributed by atoms with van der Waals surface area (Å²) in [6.45, 7) is 2.21. The maximum atomic E-state index is 11.4. The van der Waals surface area contributed by atoms with E-state index in [1.54, 1.807) is 0 Å². The predicted octanol–water partition coefficient (Wildman–Crippen LogP) is 5.21. The quantitative estimate of drug-likeness (QED) is 0.476. The standard InChI is InChI=1S/C16H23IO2/c1-2-3-4-5-6-7-11-14(16(18)19)13-10-8-9-12-15(13)17/h8-10,12,14H,2-7,11H2,1H3,(H,18,19). The Morgan fingerprint density at radius 2 is 1.79 bits per heavy atom. The van der Waals surface area contributed by atoms with Gasteiger partial charge in [-0.3, -0.25) is 4.79 Å². The number of carboxylic acids is 1. The molecule has 1 aromatic rings. The van der Waals surface area contributed by atoms with Crippen molar-refractivity contribution < 1.29 is 9.90 Å². The van der Waals surface area contributed by atoms with Gasteiger partial charge in [0.1, 0.15) is 0 Å². The maximum absolute atomic E-state index is 11.4. The minimum atomic E-state index is -0.697. The van der Waals surface area contributed by atoms with Crippen LogP contribution in [0.1, 0.15) is 63.4 Å². The molecule has 0 fully saturated rings. The maximum Gasteiger partial charge on any atom is 0.311 e. The van der Waals surface area contributed by atoms with Crippen LogP contribution < -0.4 is 0 Å². The Bertz CT molecular complexity index is 390. The molecule has 1 unspecified atom stereocenters. The van der Waals surface area contributed by atoms with Crippen molar-refractivity contribution in [1.29, 1.82) is 0 Å². The van der Waals surface area contributed by atoms with Crippen LogP contribution in [0.3, 0.4) is 0 Å². The monoisotopic (exact) mass is 374 g/mol. The van der Waals surface area contributed by atoms with Crippen LogP contribution in [0.25, 0.3) is 0 Å². The van der Waals surface area contributed by atoms with Crippen LogP contribution in [0.4, 0.5) is 0 Å². The van der Waals surface area contributed by atoms with E-state index < -0.39 is 5.97 Å². The van der Waals surface area contributed by atoms with Gasteiger partial charge in [0.25, 0.3) is 0 Å². The molecule has 0 radical (unpaired) electrons. The topological polar surface area (TPSA) is 37.3 Å². The van der Waals surface area contributed by atoms with E-state index in [4.69, 9.17) is 0 Å². The molecule has 1 rings (SSSR count). The Kier molecular flexibility index (Phi) is 8.10. The van der Waals surface area contributed by atoms with Gasteiger partial charge in [-0.05, 0) is 40.6 Å². The Hall–Kier alpha value is -0.580. The number of carbonyl (C=O) groups is 1. The molecule has 0 saturated carbocycles. The fraction of sp³-hybridized carbons (Fsp3) is 0.562. The molecule has 0 bridgehead atoms. The number of halogens is 1. The zero-order valence-corrected chi connectivity index (χ0v) is 13.7. The first kappa shape index (κ1) is 16.5. The van der Waals surface area contributed by atoms with Gasteiger partial charge in [0.05, 0.1) is 5.92 Å². The zero-order chi connectivity index (χ0) is 14.1. The van der Waals surface area contributed by atoms with Gasteiger partial charge in [0.15, 0.2) is 0 Å². The normalized spacial score (nSPS) is 12.3. The molecule has 0 aliphatic rings. The van der Waals surface area contributed by atoms with Crippen LogP contribution in [-0.2, 0) is 4.79 Å². The molecule has 2 nitrogen and oxygen atoms in total. The van der Waals surface area contributed by atoms with Crippen LogP contribution in [0, 0.1) is 3.57 Å². The van der Waals surface area contributed by atoms with E-state index in [0.29, 0.717) is 0 Å². The summed E-state index contributed by atoms with van der Waals surface area (Å²) in [5.74, 6) is -1.04. The van der Waals surface area contributed by atoms with Gasteiger partial charge in [-0.2, -0.15) is 0 Å². The lowest BCUT2D eigenvalue weighted by Crippen LogP contribution is -2.13. The molecule has 3 heteroatoms. The summed E-state index contributed by atoms with van der Waals surface area (Å²) < 4.78 is 1.05. The van der Waals surface area contributed by atoms with Crippen molar-refractivity contribution in [3.05, 3.63) is 33.4 Å². The zero-order valence-electron chi connectivity index (χ0n) is 11.6. The van der Waals surface area contributed by atoms with Crippen LogP contribution in [0.5, 0.6) is 0 Å². The molecule has 19 heavy (non-hydrogen) atoms. The summed E-state index contributed by atoms with van der Waals surface area (Å²) in [7, 11) is 0. The highest BCUT2D eigenvalue weighted by atomic mass is 127. The third-order valence-electron chi connectivity index (χ3n) is 3.43. The Labute approximate surface area is 129 Å². The van der Waals surface area contributed by atoms with Crippen LogP contribution in [0.2, 0.25) is 0 Å². The number of benzene rings is 1. The van der Waals surface area contributed by atoms with Gasteiger partial charge >= 0.3 is 5.97 Å². The predicted molar refractivity (Wildman–Crippen MR) is 87.5 cm³/mol. The molecule has 0 aliphatic heterocycles. The molecule has 0 aromatic heterocycles. The number of hydrogen-bond acceptors (Lipinski definition) is 1. The molecule has 0 heterocycles. The smallest absolute Gasteiger partial charge is 0.311 e. The second kappa shape index (κ2) is 9.34. The fourth-order valence-corrected chi connectivity index (χ4v) is 3.06. The minimum Gasteiger partial charge on any atom is -0.481 e. The first-order valence-corrected chi connectivity index (χ1v) is 8.22. The van der Waals surface area contributed by atoms with Gasteiger partial charge in [-0.25, -0.2) is 0 Å². The summed E-state index contributed by atoms with van der Waals surface area (Å²) in [4.78, 5) is 11.4. The van der Waals surface area contributed by atoms with Crippen molar-refractivity contribution in [1.82, 2.24) is 0 Å². The minimum absolute atomic E-state index is 0.348. The van der Waals surface area contributed by atoms with Crippen molar-refractivity contribution in [2.24, 2.45) is 0 Å². The highest BCUT2D eigenvalue weighted by molar-refractivity contribution is 14.1. The largest absolute Gasteiger partial charge is 0.481 e. The lowest BCUT2D eigenvalue weighted by molar-refractivity contribution is -0.139. The second-order valence-electron chi connectivity index (χ2n) is 4.97. The molecular weight excluding hydrogens is 351 g/mol. The molecular formula is C16H23IO2. The van der Waals surface area contributed by atoms with Crippen molar-refractivity contribution in [2.75, 3.05) is 0 Å². The molecule has 0 aliphatic carbocycles. The van der Waals surface area contributed by atoms with Gasteiger partial charge in [-0.1, -0.05) is 63.6 Å². The average Bonchev–Trinajstić information content (AvgIpc) is 2.39. The number of rotatable bonds is 9. The highest BCUT2D eigenvalue weighted by Gasteiger charge is 2.21. The van der Waals surface area contributed by atoms with Gasteiger partial charge in [0, 0.05) is 3.57 Å². The van der Waals surface area contributed by atoms with Crippen molar-refractivity contribution >= 4 is 28.6 Å². The number of aliphatic carboxylic acids is 1. The van der Waals surface area contributed by atoms with Crippen molar-refractivity contribution in [3.63, 3.8) is 0 Å². The van der Waals surface area contributed by atoms with E-state index in [9.17, 15) is 9.90 Å². The third kappa shape index (κ3) is 5.93. The second-order valence-corrected chi connectivity index (χ2v) is 6.13. The first-order chi connectivity index (χ1) is 9.16. The summed E-state index contributed by atoms with van der Waals surface area (Å²) in [5, 5.41) is 9.39. The van der Waals surface area contributed by atoms with Crippen molar-refractivity contribution in [3.8, 4) is 0 Å². The molecule has 0 spiro atoms. The van der Waals surface area contributed by atoms with Crippen molar-refractivity contribution in [2.45, 2.75) is 57.8 Å². The van der Waals surface area contributed by atoms with E-state index in [-0.39, 0.29) is 5.92 Å². The molecule has 106 valence electrons. The van der Waals surface area contributed by atoms with Gasteiger partial charge in [0.2, 0.25) is 0 Å². The van der Waals surface area contributed by atoms with Crippen LogP contribution >= 0.6 is 22.6 Å². The van der Waals surface area contributed by atoms with Crippen LogP contribution in [-0.4, -0.2) is 11.1 Å². The average molecular weight is 374 g/mol. The van der Waals surface area contributed by atoms with E-state index in [1.165, 1.54) is 25.7 Å². The van der Waals surface area contributed by atoms with E-state index >= 15 is 0 Å². The summed E-state index contributed by atoms with van der Waals surface area (Å²) >= 11 is 2.22. The Morgan fingerprint density at radius 3 is 2.42 bits per heavy atom. The fourth-order valence-electron chi connectivity index (χ4n) is 2.30.